The largest absolute Gasteiger partial charge is 0.493 e. The number of likely N-dealkylation sites (tertiary alicyclic amines) is 1. The lowest BCUT2D eigenvalue weighted by molar-refractivity contribution is -0.120. The molecule has 2 heterocycles. The van der Waals surface area contributed by atoms with E-state index in [1.807, 2.05) is 17.0 Å². The summed E-state index contributed by atoms with van der Waals surface area (Å²) in [6.07, 6.45) is 13.2. The van der Waals surface area contributed by atoms with Gasteiger partial charge in [-0.3, -0.25) is 9.69 Å². The SMILES string of the molecule is CC/C=C(\C)CCCC.CCCC(CCC)N(C(=O)CN1CC(c2cc(OC)c3c(c2)OCO3)CC1CC)c1ccc(F)c(C)c1. The number of rotatable bonds is 15. The van der Waals surface area contributed by atoms with Gasteiger partial charge in [0.15, 0.2) is 11.5 Å². The Balaban J connectivity index is 0.000000559. The standard InChI is InChI=1S/C30H41FN2O4.C9H18/c1-6-9-24(10-7-2)33(25-11-12-26(31)20(4)13-25)29(34)18-32-17-22(14-23(32)8-3)21-15-27(35-5)30-28(16-21)36-19-37-30;1-4-6-8-9(3)7-5-2/h11-13,15-16,22-24H,6-10,14,17-19H2,1-5H3;7H,4-6,8H2,1-3H3/b;9-7+. The lowest BCUT2D eigenvalue weighted by Crippen LogP contribution is -2.47. The van der Waals surface area contributed by atoms with Crippen LogP contribution in [-0.2, 0) is 4.79 Å². The molecule has 46 heavy (non-hydrogen) atoms. The van der Waals surface area contributed by atoms with E-state index in [-0.39, 0.29) is 30.5 Å². The molecule has 0 bridgehead atoms. The van der Waals surface area contributed by atoms with Crippen LogP contribution >= 0.6 is 0 Å². The number of anilines is 1. The highest BCUT2D eigenvalue weighted by molar-refractivity contribution is 5.95. The molecule has 1 saturated heterocycles. The number of carbonyl (C=O) groups excluding carboxylic acids is 1. The Morgan fingerprint density at radius 1 is 1.09 bits per heavy atom. The van der Waals surface area contributed by atoms with Crippen molar-refractivity contribution in [2.24, 2.45) is 0 Å². The van der Waals surface area contributed by atoms with Gasteiger partial charge in [0, 0.05) is 24.3 Å². The Kier molecular flexibility index (Phi) is 15.4. The Hall–Kier alpha value is -3.06. The number of nitrogens with zero attached hydrogens (tertiary/aromatic N) is 2. The van der Waals surface area contributed by atoms with Crippen molar-refractivity contribution in [1.82, 2.24) is 4.90 Å². The third-order valence-corrected chi connectivity index (χ3v) is 9.26. The average Bonchev–Trinajstić information content (AvgIpc) is 3.69. The van der Waals surface area contributed by atoms with E-state index in [0.717, 1.165) is 62.1 Å². The molecule has 0 saturated carbocycles. The number of amides is 1. The first-order valence-corrected chi connectivity index (χ1v) is 17.7. The molecule has 0 aromatic heterocycles. The second-order valence-electron chi connectivity index (χ2n) is 12.9. The molecule has 2 atom stereocenters. The third-order valence-electron chi connectivity index (χ3n) is 9.26. The Labute approximate surface area is 278 Å². The fourth-order valence-corrected chi connectivity index (χ4v) is 6.79. The van der Waals surface area contributed by atoms with Crippen LogP contribution in [-0.4, -0.2) is 49.9 Å². The van der Waals surface area contributed by atoms with Crippen molar-refractivity contribution >= 4 is 11.6 Å². The van der Waals surface area contributed by atoms with Gasteiger partial charge in [-0.15, -0.1) is 0 Å². The first kappa shape index (κ1) is 37.4. The summed E-state index contributed by atoms with van der Waals surface area (Å²) in [4.78, 5) is 18.2. The molecule has 0 radical (unpaired) electrons. The molecular formula is C39H59FN2O4. The van der Waals surface area contributed by atoms with E-state index in [0.29, 0.717) is 29.6 Å². The first-order valence-electron chi connectivity index (χ1n) is 17.7. The van der Waals surface area contributed by atoms with Crippen LogP contribution in [0.15, 0.2) is 42.0 Å². The molecule has 4 rings (SSSR count). The predicted molar refractivity (Wildman–Crippen MR) is 188 cm³/mol. The number of carbonyl (C=O) groups is 1. The Morgan fingerprint density at radius 2 is 1.83 bits per heavy atom. The summed E-state index contributed by atoms with van der Waals surface area (Å²) >= 11 is 0. The highest BCUT2D eigenvalue weighted by Crippen LogP contribution is 2.45. The number of unbranched alkanes of at least 4 members (excludes halogenated alkanes) is 1. The van der Waals surface area contributed by atoms with Gasteiger partial charge < -0.3 is 19.1 Å². The van der Waals surface area contributed by atoms with Gasteiger partial charge in [-0.05, 0) is 106 Å². The number of hydrogen-bond donors (Lipinski definition) is 0. The second-order valence-corrected chi connectivity index (χ2v) is 12.9. The predicted octanol–water partition coefficient (Wildman–Crippen LogP) is 9.97. The first-order chi connectivity index (χ1) is 22.2. The molecule has 2 unspecified atom stereocenters. The zero-order valence-corrected chi connectivity index (χ0v) is 29.8. The van der Waals surface area contributed by atoms with Gasteiger partial charge in [0.25, 0.3) is 0 Å². The van der Waals surface area contributed by atoms with Crippen LogP contribution in [0.25, 0.3) is 0 Å². The molecule has 0 spiro atoms. The maximum absolute atomic E-state index is 14.1. The highest BCUT2D eigenvalue weighted by Gasteiger charge is 2.36. The maximum atomic E-state index is 14.1. The summed E-state index contributed by atoms with van der Waals surface area (Å²) in [5, 5.41) is 0. The van der Waals surface area contributed by atoms with E-state index in [1.54, 1.807) is 25.7 Å². The normalized spacial score (nSPS) is 17.7. The minimum absolute atomic E-state index is 0.0836. The van der Waals surface area contributed by atoms with Gasteiger partial charge in [-0.2, -0.15) is 0 Å². The Bertz CT molecular complexity index is 1270. The molecule has 2 aliphatic rings. The summed E-state index contributed by atoms with van der Waals surface area (Å²) in [6, 6.07) is 9.55. The number of ether oxygens (including phenoxy) is 3. The molecule has 7 heteroatoms. The quantitative estimate of drug-likeness (QED) is 0.182. The van der Waals surface area contributed by atoms with Crippen LogP contribution in [0.5, 0.6) is 17.2 Å². The summed E-state index contributed by atoms with van der Waals surface area (Å²) < 4.78 is 30.9. The minimum Gasteiger partial charge on any atom is -0.493 e. The van der Waals surface area contributed by atoms with Crippen LogP contribution in [0.4, 0.5) is 10.1 Å². The second kappa shape index (κ2) is 18.9. The number of allylic oxidation sites excluding steroid dienone is 2. The lowest BCUT2D eigenvalue weighted by Gasteiger charge is -2.34. The highest BCUT2D eigenvalue weighted by atomic mass is 19.1. The number of benzene rings is 2. The van der Waals surface area contributed by atoms with Crippen LogP contribution in [0.2, 0.25) is 0 Å². The van der Waals surface area contributed by atoms with Gasteiger partial charge in [0.1, 0.15) is 5.82 Å². The molecule has 2 aliphatic heterocycles. The molecule has 0 N–H and O–H groups in total. The van der Waals surface area contributed by atoms with Crippen molar-refractivity contribution in [2.75, 3.05) is 31.9 Å². The summed E-state index contributed by atoms with van der Waals surface area (Å²) in [5.74, 6) is 2.17. The fraction of sp³-hybridized carbons (Fsp3) is 0.615. The third kappa shape index (κ3) is 9.97. The fourth-order valence-electron chi connectivity index (χ4n) is 6.79. The number of aryl methyl sites for hydroxylation is 1. The van der Waals surface area contributed by atoms with E-state index < -0.39 is 0 Å². The van der Waals surface area contributed by atoms with Crippen molar-refractivity contribution in [1.29, 1.82) is 0 Å². The average molecular weight is 639 g/mol. The van der Waals surface area contributed by atoms with Crippen LogP contribution < -0.4 is 19.1 Å². The van der Waals surface area contributed by atoms with E-state index in [9.17, 15) is 9.18 Å². The minimum atomic E-state index is -0.244. The number of methoxy groups -OCH3 is 1. The monoisotopic (exact) mass is 638 g/mol. The zero-order chi connectivity index (χ0) is 33.6. The number of hydrogen-bond acceptors (Lipinski definition) is 5. The van der Waals surface area contributed by atoms with E-state index in [2.05, 4.69) is 58.6 Å². The molecular weight excluding hydrogens is 579 g/mol. The van der Waals surface area contributed by atoms with Crippen molar-refractivity contribution in [3.05, 3.63) is 58.9 Å². The van der Waals surface area contributed by atoms with Crippen molar-refractivity contribution in [2.45, 2.75) is 131 Å². The van der Waals surface area contributed by atoms with E-state index in [1.165, 1.54) is 31.7 Å². The Morgan fingerprint density at radius 3 is 2.43 bits per heavy atom. The van der Waals surface area contributed by atoms with Gasteiger partial charge >= 0.3 is 0 Å². The summed E-state index contributed by atoms with van der Waals surface area (Å²) in [7, 11) is 1.64. The van der Waals surface area contributed by atoms with Gasteiger partial charge in [0.2, 0.25) is 18.4 Å². The molecule has 256 valence electrons. The van der Waals surface area contributed by atoms with E-state index >= 15 is 0 Å². The van der Waals surface area contributed by atoms with Crippen molar-refractivity contribution < 1.29 is 23.4 Å². The van der Waals surface area contributed by atoms with Crippen molar-refractivity contribution in [3.63, 3.8) is 0 Å². The van der Waals surface area contributed by atoms with Crippen LogP contribution in [0.3, 0.4) is 0 Å². The van der Waals surface area contributed by atoms with Crippen LogP contribution in [0, 0.1) is 12.7 Å². The molecule has 2 aromatic carbocycles. The summed E-state index contributed by atoms with van der Waals surface area (Å²) in [5.41, 5.74) is 4.06. The summed E-state index contributed by atoms with van der Waals surface area (Å²) in [6.45, 7) is 16.2. The maximum Gasteiger partial charge on any atom is 0.241 e. The molecule has 1 amide bonds. The van der Waals surface area contributed by atoms with Crippen molar-refractivity contribution in [3.8, 4) is 17.2 Å². The molecule has 1 fully saturated rings. The van der Waals surface area contributed by atoms with Gasteiger partial charge in [-0.1, -0.05) is 65.5 Å². The molecule has 6 nitrogen and oxygen atoms in total. The van der Waals surface area contributed by atoms with Crippen LogP contribution in [0.1, 0.15) is 123 Å². The smallest absolute Gasteiger partial charge is 0.241 e. The number of fused-ring (bicyclic) bond motifs is 1. The number of halogens is 1. The molecule has 2 aromatic rings. The zero-order valence-electron chi connectivity index (χ0n) is 29.8. The topological polar surface area (TPSA) is 51.2 Å². The molecule has 0 aliphatic carbocycles. The lowest BCUT2D eigenvalue weighted by atomic mass is 9.95. The van der Waals surface area contributed by atoms with E-state index in [4.69, 9.17) is 14.2 Å². The van der Waals surface area contributed by atoms with Gasteiger partial charge in [-0.25, -0.2) is 4.39 Å². The van der Waals surface area contributed by atoms with Gasteiger partial charge in [0.05, 0.1) is 13.7 Å².